The zero-order chi connectivity index (χ0) is 11.8. The van der Waals surface area contributed by atoms with E-state index in [0.29, 0.717) is 17.3 Å². The van der Waals surface area contributed by atoms with Crippen molar-refractivity contribution in [3.8, 4) is 0 Å². The lowest BCUT2D eigenvalue weighted by Gasteiger charge is -2.22. The maximum absolute atomic E-state index is 11.8. The third kappa shape index (κ3) is 1.84. The van der Waals surface area contributed by atoms with E-state index < -0.39 is 0 Å². The predicted octanol–water partition coefficient (Wildman–Crippen LogP) is 1.15. The van der Waals surface area contributed by atoms with Crippen molar-refractivity contribution in [2.45, 2.75) is 11.7 Å². The highest BCUT2D eigenvalue weighted by Crippen LogP contribution is 2.33. The van der Waals surface area contributed by atoms with Crippen molar-refractivity contribution in [3.05, 3.63) is 29.9 Å². The van der Waals surface area contributed by atoms with Crippen LogP contribution in [0.15, 0.2) is 23.5 Å². The molecule has 1 N–H and O–H groups in total. The summed E-state index contributed by atoms with van der Waals surface area (Å²) in [6.45, 7) is 3.74. The molecule has 1 aromatic heterocycles. The second kappa shape index (κ2) is 3.96. The zero-order valence-corrected chi connectivity index (χ0v) is 9.83. The number of aliphatic imine (C=N–C) groups is 1. The number of carbonyl (C=O) groups is 1. The van der Waals surface area contributed by atoms with Crippen molar-refractivity contribution in [1.82, 2.24) is 15.3 Å². The summed E-state index contributed by atoms with van der Waals surface area (Å²) in [6, 6.07) is 0. The number of nitrogens with zero attached hydrogens (tertiary/aromatic N) is 3. The SMILES string of the molecule is C=C1CSC(c2cnc3c(n2)N=CC3)C(=O)N1. The molecule has 6 heteroatoms. The molecule has 1 saturated heterocycles. The normalized spacial score (nSPS) is 22.5. The van der Waals surface area contributed by atoms with Crippen molar-refractivity contribution in [1.29, 1.82) is 0 Å². The molecule has 3 rings (SSSR count). The number of amides is 1. The number of hydrogen-bond donors (Lipinski definition) is 1. The average molecular weight is 246 g/mol. The molecule has 1 fully saturated rings. The molecular formula is C11H10N4OS. The van der Waals surface area contributed by atoms with E-state index >= 15 is 0 Å². The van der Waals surface area contributed by atoms with Crippen molar-refractivity contribution >= 4 is 29.7 Å². The van der Waals surface area contributed by atoms with Gasteiger partial charge in [0.2, 0.25) is 5.91 Å². The van der Waals surface area contributed by atoms with Crippen LogP contribution in [0.1, 0.15) is 16.6 Å². The van der Waals surface area contributed by atoms with E-state index in [4.69, 9.17) is 0 Å². The van der Waals surface area contributed by atoms with Gasteiger partial charge in [-0.2, -0.15) is 0 Å². The maximum Gasteiger partial charge on any atom is 0.243 e. The van der Waals surface area contributed by atoms with Crippen LogP contribution in [-0.2, 0) is 11.2 Å². The van der Waals surface area contributed by atoms with Crippen molar-refractivity contribution in [3.63, 3.8) is 0 Å². The van der Waals surface area contributed by atoms with E-state index in [2.05, 4.69) is 26.9 Å². The average Bonchev–Trinajstić information content (AvgIpc) is 2.75. The quantitative estimate of drug-likeness (QED) is 0.807. The summed E-state index contributed by atoms with van der Waals surface area (Å²) < 4.78 is 0. The summed E-state index contributed by atoms with van der Waals surface area (Å²) in [5, 5.41) is 2.42. The molecule has 17 heavy (non-hydrogen) atoms. The van der Waals surface area contributed by atoms with Crippen LogP contribution in [0, 0.1) is 0 Å². The minimum absolute atomic E-state index is 0.0810. The Kier molecular flexibility index (Phi) is 2.44. The predicted molar refractivity (Wildman–Crippen MR) is 66.4 cm³/mol. The highest BCUT2D eigenvalue weighted by molar-refractivity contribution is 8.00. The Morgan fingerprint density at radius 2 is 2.41 bits per heavy atom. The molecule has 1 unspecified atom stereocenters. The van der Waals surface area contributed by atoms with Gasteiger partial charge in [0, 0.05) is 24.1 Å². The summed E-state index contributed by atoms with van der Waals surface area (Å²) in [6.07, 6.45) is 4.17. The smallest absolute Gasteiger partial charge is 0.243 e. The second-order valence-corrected chi connectivity index (χ2v) is 4.96. The number of carbonyl (C=O) groups excluding carboxylic acids is 1. The Morgan fingerprint density at radius 1 is 1.53 bits per heavy atom. The lowest BCUT2D eigenvalue weighted by atomic mass is 10.2. The largest absolute Gasteiger partial charge is 0.328 e. The van der Waals surface area contributed by atoms with Crippen molar-refractivity contribution < 1.29 is 4.79 Å². The number of hydrogen-bond acceptors (Lipinski definition) is 5. The molecular weight excluding hydrogens is 236 g/mol. The third-order valence-corrected chi connectivity index (χ3v) is 3.88. The lowest BCUT2D eigenvalue weighted by Crippen LogP contribution is -2.33. The zero-order valence-electron chi connectivity index (χ0n) is 9.01. The summed E-state index contributed by atoms with van der Waals surface area (Å²) in [5.41, 5.74) is 2.28. The molecule has 0 spiro atoms. The van der Waals surface area contributed by atoms with Gasteiger partial charge in [-0.05, 0) is 0 Å². The van der Waals surface area contributed by atoms with E-state index in [1.165, 1.54) is 11.8 Å². The molecule has 0 bridgehead atoms. The first-order valence-corrected chi connectivity index (χ1v) is 6.27. The van der Waals surface area contributed by atoms with Gasteiger partial charge in [0.1, 0.15) is 5.25 Å². The third-order valence-electron chi connectivity index (χ3n) is 2.57. The second-order valence-electron chi connectivity index (χ2n) is 3.86. The van der Waals surface area contributed by atoms with Crippen LogP contribution in [0.4, 0.5) is 5.82 Å². The summed E-state index contributed by atoms with van der Waals surface area (Å²) in [5.74, 6) is 1.26. The Bertz CT molecular complexity index is 540. The van der Waals surface area contributed by atoms with E-state index in [9.17, 15) is 4.79 Å². The molecule has 86 valence electrons. The molecule has 2 aliphatic rings. The van der Waals surface area contributed by atoms with Crippen LogP contribution in [0.3, 0.4) is 0 Å². The fourth-order valence-corrected chi connectivity index (χ4v) is 2.70. The minimum atomic E-state index is -0.311. The van der Waals surface area contributed by atoms with Gasteiger partial charge >= 0.3 is 0 Å². The number of thioether (sulfide) groups is 1. The van der Waals surface area contributed by atoms with Gasteiger partial charge < -0.3 is 5.32 Å². The molecule has 0 radical (unpaired) electrons. The van der Waals surface area contributed by atoms with Crippen LogP contribution < -0.4 is 5.32 Å². The maximum atomic E-state index is 11.8. The molecule has 1 atom stereocenters. The summed E-state index contributed by atoms with van der Waals surface area (Å²) in [7, 11) is 0. The number of fused-ring (bicyclic) bond motifs is 1. The lowest BCUT2D eigenvalue weighted by molar-refractivity contribution is -0.120. The van der Waals surface area contributed by atoms with Crippen molar-refractivity contribution in [2.75, 3.05) is 5.75 Å². The Labute approximate surface area is 102 Å². The highest BCUT2D eigenvalue weighted by Gasteiger charge is 2.28. The van der Waals surface area contributed by atoms with Gasteiger partial charge in [-0.1, -0.05) is 6.58 Å². The van der Waals surface area contributed by atoms with Crippen LogP contribution in [0.5, 0.6) is 0 Å². The Balaban J connectivity index is 1.91. The van der Waals surface area contributed by atoms with Gasteiger partial charge in [0.05, 0.1) is 17.6 Å². The molecule has 3 heterocycles. The van der Waals surface area contributed by atoms with Crippen molar-refractivity contribution in [2.24, 2.45) is 4.99 Å². The topological polar surface area (TPSA) is 67.2 Å². The highest BCUT2D eigenvalue weighted by atomic mass is 32.2. The van der Waals surface area contributed by atoms with Crippen LogP contribution in [0.2, 0.25) is 0 Å². The van der Waals surface area contributed by atoms with E-state index in [1.807, 2.05) is 0 Å². The molecule has 0 aromatic carbocycles. The fraction of sp³-hybridized carbons (Fsp3) is 0.273. The summed E-state index contributed by atoms with van der Waals surface area (Å²) in [4.78, 5) is 24.6. The number of aromatic nitrogens is 2. The molecule has 0 saturated carbocycles. The molecule has 0 aliphatic carbocycles. The summed E-state index contributed by atoms with van der Waals surface area (Å²) >= 11 is 1.51. The van der Waals surface area contributed by atoms with Crippen LogP contribution in [0.25, 0.3) is 0 Å². The number of rotatable bonds is 1. The number of nitrogens with one attached hydrogen (secondary N) is 1. The van der Waals surface area contributed by atoms with Crippen LogP contribution >= 0.6 is 11.8 Å². The fourth-order valence-electron chi connectivity index (χ4n) is 1.76. The van der Waals surface area contributed by atoms with E-state index in [0.717, 1.165) is 17.8 Å². The first kappa shape index (κ1) is 10.5. The molecule has 1 aromatic rings. The van der Waals surface area contributed by atoms with Gasteiger partial charge in [-0.15, -0.1) is 11.8 Å². The van der Waals surface area contributed by atoms with Gasteiger partial charge in [0.15, 0.2) is 5.82 Å². The Morgan fingerprint density at radius 3 is 3.24 bits per heavy atom. The first-order valence-electron chi connectivity index (χ1n) is 5.22. The Hall–Kier alpha value is -1.69. The molecule has 5 nitrogen and oxygen atoms in total. The molecule has 1 amide bonds. The standard InChI is InChI=1S/C11H10N4OS/c1-6-5-17-9(11(16)14-6)8-4-13-7-2-3-12-10(7)15-8/h3-4,9H,1-2,5H2,(H,14,16). The van der Waals surface area contributed by atoms with Gasteiger partial charge in [-0.25, -0.2) is 9.98 Å². The van der Waals surface area contributed by atoms with Crippen LogP contribution in [-0.4, -0.2) is 27.8 Å². The van der Waals surface area contributed by atoms with E-state index in [1.54, 1.807) is 12.4 Å². The molecule has 2 aliphatic heterocycles. The van der Waals surface area contributed by atoms with Gasteiger partial charge in [0.25, 0.3) is 0 Å². The minimum Gasteiger partial charge on any atom is -0.328 e. The van der Waals surface area contributed by atoms with Gasteiger partial charge in [-0.3, -0.25) is 9.78 Å². The van der Waals surface area contributed by atoms with E-state index in [-0.39, 0.29) is 11.2 Å². The monoisotopic (exact) mass is 246 g/mol. The first-order chi connectivity index (χ1) is 8.24.